The average Bonchev–Trinajstić information content (AvgIpc) is 2.35. The van der Waals surface area contributed by atoms with Crippen LogP contribution in [0.1, 0.15) is 31.9 Å². The van der Waals surface area contributed by atoms with Gasteiger partial charge in [0.25, 0.3) is 0 Å². The molecular formula is C15H24O2. The van der Waals surface area contributed by atoms with Gasteiger partial charge >= 0.3 is 0 Å². The van der Waals surface area contributed by atoms with E-state index in [9.17, 15) is 5.11 Å². The fourth-order valence-electron chi connectivity index (χ4n) is 2.05. The van der Waals surface area contributed by atoms with Crippen molar-refractivity contribution < 1.29 is 9.84 Å². The van der Waals surface area contributed by atoms with E-state index in [1.165, 1.54) is 11.1 Å². The Morgan fingerprint density at radius 1 is 1.29 bits per heavy atom. The SMILES string of the molecule is CCc1cc(CC(CO)C(C)C)ccc1OC. The molecule has 0 spiro atoms. The van der Waals surface area contributed by atoms with E-state index in [1.807, 2.05) is 6.07 Å². The van der Waals surface area contributed by atoms with Crippen LogP contribution in [-0.4, -0.2) is 18.8 Å². The molecule has 1 unspecified atom stereocenters. The lowest BCUT2D eigenvalue weighted by atomic mass is 9.89. The molecule has 0 amide bonds. The van der Waals surface area contributed by atoms with E-state index in [4.69, 9.17) is 4.74 Å². The maximum atomic E-state index is 9.36. The molecule has 96 valence electrons. The molecule has 0 fully saturated rings. The lowest BCUT2D eigenvalue weighted by Gasteiger charge is -2.19. The summed E-state index contributed by atoms with van der Waals surface area (Å²) >= 11 is 0. The van der Waals surface area contributed by atoms with Gasteiger partial charge in [-0.05, 0) is 41.9 Å². The van der Waals surface area contributed by atoms with Gasteiger partial charge in [-0.15, -0.1) is 0 Å². The number of ether oxygens (including phenoxy) is 1. The zero-order valence-corrected chi connectivity index (χ0v) is 11.4. The zero-order valence-electron chi connectivity index (χ0n) is 11.4. The minimum Gasteiger partial charge on any atom is -0.496 e. The fraction of sp³-hybridized carbons (Fsp3) is 0.600. The van der Waals surface area contributed by atoms with Crippen LogP contribution < -0.4 is 4.74 Å². The molecule has 0 aliphatic rings. The molecule has 1 rings (SSSR count). The molecule has 1 N–H and O–H groups in total. The van der Waals surface area contributed by atoms with Gasteiger partial charge in [0, 0.05) is 6.61 Å². The van der Waals surface area contributed by atoms with Crippen molar-refractivity contribution in [1.29, 1.82) is 0 Å². The second kappa shape index (κ2) is 6.65. The molecule has 0 aliphatic heterocycles. The molecule has 0 bridgehead atoms. The number of aryl methyl sites for hydroxylation is 1. The maximum absolute atomic E-state index is 9.36. The summed E-state index contributed by atoms with van der Waals surface area (Å²) < 4.78 is 5.32. The first-order valence-electron chi connectivity index (χ1n) is 6.39. The summed E-state index contributed by atoms with van der Waals surface area (Å²) in [5.41, 5.74) is 2.53. The Kier molecular flexibility index (Phi) is 5.49. The molecule has 0 saturated carbocycles. The summed E-state index contributed by atoms with van der Waals surface area (Å²) in [6.45, 7) is 6.70. The Morgan fingerprint density at radius 2 is 2.00 bits per heavy atom. The lowest BCUT2D eigenvalue weighted by molar-refractivity contribution is 0.189. The first-order chi connectivity index (χ1) is 8.12. The Labute approximate surface area is 105 Å². The standard InChI is InChI=1S/C15H24O2/c1-5-13-8-12(6-7-15(13)17-4)9-14(10-16)11(2)3/h6-8,11,14,16H,5,9-10H2,1-4H3. The summed E-state index contributed by atoms with van der Waals surface area (Å²) in [6.07, 6.45) is 1.91. The highest BCUT2D eigenvalue weighted by atomic mass is 16.5. The number of methoxy groups -OCH3 is 1. The molecule has 0 radical (unpaired) electrons. The van der Waals surface area contributed by atoms with Crippen molar-refractivity contribution in [1.82, 2.24) is 0 Å². The van der Waals surface area contributed by atoms with Crippen LogP contribution in [0, 0.1) is 11.8 Å². The molecule has 0 saturated heterocycles. The fourth-order valence-corrected chi connectivity index (χ4v) is 2.05. The number of hydrogen-bond acceptors (Lipinski definition) is 2. The predicted molar refractivity (Wildman–Crippen MR) is 71.5 cm³/mol. The van der Waals surface area contributed by atoms with Crippen LogP contribution in [0.3, 0.4) is 0 Å². The van der Waals surface area contributed by atoms with E-state index >= 15 is 0 Å². The summed E-state index contributed by atoms with van der Waals surface area (Å²) in [5, 5.41) is 9.36. The summed E-state index contributed by atoms with van der Waals surface area (Å²) in [4.78, 5) is 0. The monoisotopic (exact) mass is 236 g/mol. The Hall–Kier alpha value is -1.02. The van der Waals surface area contributed by atoms with E-state index in [0.717, 1.165) is 18.6 Å². The highest BCUT2D eigenvalue weighted by molar-refractivity contribution is 5.37. The highest BCUT2D eigenvalue weighted by Crippen LogP contribution is 2.23. The van der Waals surface area contributed by atoms with Crippen LogP contribution in [0.4, 0.5) is 0 Å². The van der Waals surface area contributed by atoms with Gasteiger partial charge in [0.15, 0.2) is 0 Å². The number of aliphatic hydroxyl groups excluding tert-OH is 1. The second-order valence-electron chi connectivity index (χ2n) is 4.89. The summed E-state index contributed by atoms with van der Waals surface area (Å²) in [5.74, 6) is 1.81. The van der Waals surface area contributed by atoms with Crippen molar-refractivity contribution in [2.45, 2.75) is 33.6 Å². The topological polar surface area (TPSA) is 29.5 Å². The third kappa shape index (κ3) is 3.74. The predicted octanol–water partition coefficient (Wildman–Crippen LogP) is 3.06. The molecule has 0 aromatic heterocycles. The molecule has 2 heteroatoms. The molecular weight excluding hydrogens is 212 g/mol. The van der Waals surface area contributed by atoms with Crippen molar-refractivity contribution in [3.8, 4) is 5.75 Å². The van der Waals surface area contributed by atoms with Crippen LogP contribution in [0.25, 0.3) is 0 Å². The van der Waals surface area contributed by atoms with E-state index in [1.54, 1.807) is 7.11 Å². The first kappa shape index (κ1) is 14.0. The second-order valence-corrected chi connectivity index (χ2v) is 4.89. The Balaban J connectivity index is 2.85. The number of rotatable bonds is 6. The van der Waals surface area contributed by atoms with E-state index in [0.29, 0.717) is 11.8 Å². The maximum Gasteiger partial charge on any atom is 0.122 e. The van der Waals surface area contributed by atoms with Crippen LogP contribution in [0.2, 0.25) is 0 Å². The zero-order chi connectivity index (χ0) is 12.8. The third-order valence-corrected chi connectivity index (χ3v) is 3.40. The van der Waals surface area contributed by atoms with Crippen molar-refractivity contribution in [2.75, 3.05) is 13.7 Å². The van der Waals surface area contributed by atoms with Crippen molar-refractivity contribution >= 4 is 0 Å². The lowest BCUT2D eigenvalue weighted by Crippen LogP contribution is -2.16. The number of benzene rings is 1. The van der Waals surface area contributed by atoms with E-state index in [2.05, 4.69) is 32.9 Å². The normalized spacial score (nSPS) is 12.8. The van der Waals surface area contributed by atoms with Crippen LogP contribution in [-0.2, 0) is 12.8 Å². The van der Waals surface area contributed by atoms with Gasteiger partial charge in [-0.25, -0.2) is 0 Å². The minimum atomic E-state index is 0.255. The first-order valence-corrected chi connectivity index (χ1v) is 6.39. The third-order valence-electron chi connectivity index (χ3n) is 3.40. The molecule has 0 heterocycles. The van der Waals surface area contributed by atoms with E-state index < -0.39 is 0 Å². The van der Waals surface area contributed by atoms with Crippen LogP contribution in [0.5, 0.6) is 5.75 Å². The molecule has 17 heavy (non-hydrogen) atoms. The van der Waals surface area contributed by atoms with Gasteiger partial charge < -0.3 is 9.84 Å². The van der Waals surface area contributed by atoms with Gasteiger partial charge in [0.1, 0.15) is 5.75 Å². The van der Waals surface area contributed by atoms with Crippen molar-refractivity contribution in [3.63, 3.8) is 0 Å². The molecule has 1 atom stereocenters. The molecule has 1 aromatic carbocycles. The Morgan fingerprint density at radius 3 is 2.47 bits per heavy atom. The van der Waals surface area contributed by atoms with Crippen molar-refractivity contribution in [3.05, 3.63) is 29.3 Å². The highest BCUT2D eigenvalue weighted by Gasteiger charge is 2.13. The van der Waals surface area contributed by atoms with Crippen molar-refractivity contribution in [2.24, 2.45) is 11.8 Å². The quantitative estimate of drug-likeness (QED) is 0.822. The molecule has 2 nitrogen and oxygen atoms in total. The smallest absolute Gasteiger partial charge is 0.122 e. The van der Waals surface area contributed by atoms with Gasteiger partial charge in [-0.1, -0.05) is 32.9 Å². The van der Waals surface area contributed by atoms with Gasteiger partial charge in [-0.3, -0.25) is 0 Å². The largest absolute Gasteiger partial charge is 0.496 e. The van der Waals surface area contributed by atoms with Gasteiger partial charge in [0.05, 0.1) is 7.11 Å². The number of aliphatic hydroxyl groups is 1. The summed E-state index contributed by atoms with van der Waals surface area (Å²) in [6, 6.07) is 6.33. The summed E-state index contributed by atoms with van der Waals surface area (Å²) in [7, 11) is 1.71. The average molecular weight is 236 g/mol. The van der Waals surface area contributed by atoms with E-state index in [-0.39, 0.29) is 6.61 Å². The minimum absolute atomic E-state index is 0.255. The van der Waals surface area contributed by atoms with Crippen LogP contribution in [0.15, 0.2) is 18.2 Å². The Bertz CT molecular complexity index is 345. The van der Waals surface area contributed by atoms with Crippen LogP contribution >= 0.6 is 0 Å². The molecule has 0 aliphatic carbocycles. The van der Waals surface area contributed by atoms with Gasteiger partial charge in [0.2, 0.25) is 0 Å². The number of hydrogen-bond donors (Lipinski definition) is 1. The molecule has 1 aromatic rings. The van der Waals surface area contributed by atoms with Gasteiger partial charge in [-0.2, -0.15) is 0 Å².